The van der Waals surface area contributed by atoms with Crippen LogP contribution in [0.15, 0.2) is 36.5 Å². The number of aromatic nitrogens is 2. The van der Waals surface area contributed by atoms with Gasteiger partial charge in [0.1, 0.15) is 12.4 Å². The van der Waals surface area contributed by atoms with Crippen molar-refractivity contribution in [3.05, 3.63) is 53.6 Å². The Kier molecular flexibility index (Phi) is 6.36. The van der Waals surface area contributed by atoms with Crippen molar-refractivity contribution in [1.82, 2.24) is 14.9 Å². The van der Waals surface area contributed by atoms with Gasteiger partial charge in [-0.3, -0.25) is 9.88 Å². The fourth-order valence-corrected chi connectivity index (χ4v) is 5.39. The monoisotopic (exact) mass is 507 g/mol. The summed E-state index contributed by atoms with van der Waals surface area (Å²) in [5.41, 5.74) is 3.32. The quantitative estimate of drug-likeness (QED) is 0.373. The van der Waals surface area contributed by atoms with Gasteiger partial charge >= 0.3 is 0 Å². The van der Waals surface area contributed by atoms with Crippen LogP contribution >= 0.6 is 0 Å². The molecule has 1 N–H and O–H groups in total. The molecule has 2 aromatic carbocycles. The van der Waals surface area contributed by atoms with E-state index in [1.54, 1.807) is 38.6 Å². The number of hydrogen-bond donors (Lipinski definition) is 1. The number of pyridine rings is 1. The van der Waals surface area contributed by atoms with Crippen molar-refractivity contribution in [3.8, 4) is 23.0 Å². The van der Waals surface area contributed by atoms with Crippen molar-refractivity contribution in [1.29, 1.82) is 0 Å². The van der Waals surface area contributed by atoms with Crippen molar-refractivity contribution >= 4 is 21.8 Å². The van der Waals surface area contributed by atoms with Crippen molar-refractivity contribution in [3.63, 3.8) is 0 Å². The first kappa shape index (κ1) is 24.0. The summed E-state index contributed by atoms with van der Waals surface area (Å²) in [5.74, 6) is 1.67. The number of ether oxygens (including phenoxy) is 5. The van der Waals surface area contributed by atoms with Gasteiger partial charge in [0.2, 0.25) is 0 Å². The Bertz CT molecular complexity index is 1440. The second kappa shape index (κ2) is 9.81. The Hall–Kier alpha value is -3.40. The molecule has 9 heteroatoms. The second-order valence-corrected chi connectivity index (χ2v) is 9.53. The number of likely N-dealkylation sites (tertiary alicyclic amines) is 1. The molecule has 0 amide bonds. The van der Waals surface area contributed by atoms with Gasteiger partial charge in [0.15, 0.2) is 23.1 Å². The average Bonchev–Trinajstić information content (AvgIpc) is 3.63. The van der Waals surface area contributed by atoms with Gasteiger partial charge in [0, 0.05) is 74.7 Å². The van der Waals surface area contributed by atoms with E-state index in [0.717, 1.165) is 47.3 Å². The number of methoxy groups -OCH3 is 2. The van der Waals surface area contributed by atoms with Gasteiger partial charge < -0.3 is 28.7 Å². The minimum atomic E-state index is -0.395. The number of nitrogens with zero attached hydrogens (tertiary/aromatic N) is 2. The molecule has 4 heterocycles. The first-order chi connectivity index (χ1) is 18.1. The van der Waals surface area contributed by atoms with E-state index in [2.05, 4.69) is 14.9 Å². The molecule has 6 rings (SSSR count). The van der Waals surface area contributed by atoms with E-state index >= 15 is 4.39 Å². The number of rotatable bonds is 8. The third-order valence-electron chi connectivity index (χ3n) is 7.23. The molecule has 4 aromatic rings. The molecule has 0 bridgehead atoms. The third kappa shape index (κ3) is 4.37. The van der Waals surface area contributed by atoms with Gasteiger partial charge in [-0.1, -0.05) is 0 Å². The van der Waals surface area contributed by atoms with Crippen LogP contribution in [0.2, 0.25) is 0 Å². The zero-order valence-corrected chi connectivity index (χ0v) is 21.2. The average molecular weight is 508 g/mol. The summed E-state index contributed by atoms with van der Waals surface area (Å²) >= 11 is 0. The molecule has 1 saturated heterocycles. The fraction of sp³-hybridized carbons (Fsp3) is 0.393. The van der Waals surface area contributed by atoms with Gasteiger partial charge in [-0.15, -0.1) is 0 Å². The summed E-state index contributed by atoms with van der Waals surface area (Å²) < 4.78 is 44.6. The summed E-state index contributed by atoms with van der Waals surface area (Å²) in [6.07, 6.45) is 2.49. The van der Waals surface area contributed by atoms with E-state index in [9.17, 15) is 0 Å². The fourth-order valence-electron chi connectivity index (χ4n) is 5.39. The van der Waals surface area contributed by atoms with Gasteiger partial charge in [-0.05, 0) is 31.2 Å². The maximum Gasteiger partial charge on any atom is 0.175 e. The van der Waals surface area contributed by atoms with Gasteiger partial charge in [-0.25, -0.2) is 4.39 Å². The summed E-state index contributed by atoms with van der Waals surface area (Å²) in [5, 5.41) is 1.32. The highest BCUT2D eigenvalue weighted by Gasteiger charge is 2.33. The zero-order chi connectivity index (χ0) is 25.5. The van der Waals surface area contributed by atoms with Gasteiger partial charge in [0.25, 0.3) is 0 Å². The van der Waals surface area contributed by atoms with E-state index in [0.29, 0.717) is 42.3 Å². The molecule has 0 radical (unpaired) electrons. The molecule has 1 fully saturated rings. The highest BCUT2D eigenvalue weighted by atomic mass is 19.1. The normalized spacial score (nSPS) is 19.5. The standard InChI is InChI=1S/C28H30FN3O5/c1-16-12-18-19(31-16)4-5-22(27(18)29)37-21-6-8-30-20-13-23(28-17(26(20)21)7-10-36-28)35-11-9-32-14-24(33-2)25(15-32)34-3/h4-6,8,12-13,24-25,31H,7,9-11,14-15H2,1-3H3. The Labute approximate surface area is 214 Å². The molecule has 2 unspecified atom stereocenters. The summed E-state index contributed by atoms with van der Waals surface area (Å²) in [7, 11) is 3.43. The highest BCUT2D eigenvalue weighted by Crippen LogP contribution is 2.45. The van der Waals surface area contributed by atoms with Crippen molar-refractivity contribution in [2.45, 2.75) is 25.6 Å². The summed E-state index contributed by atoms with van der Waals surface area (Å²) in [6.45, 7) is 5.28. The maximum atomic E-state index is 15.2. The molecular weight excluding hydrogens is 477 g/mol. The molecule has 2 atom stereocenters. The van der Waals surface area contributed by atoms with Crippen LogP contribution in [0.5, 0.6) is 23.0 Å². The number of halogens is 1. The molecule has 8 nitrogen and oxygen atoms in total. The van der Waals surface area contributed by atoms with Crippen LogP contribution < -0.4 is 14.2 Å². The Morgan fingerprint density at radius 1 is 1.08 bits per heavy atom. The van der Waals surface area contributed by atoms with Gasteiger partial charge in [-0.2, -0.15) is 0 Å². The second-order valence-electron chi connectivity index (χ2n) is 9.53. The predicted molar refractivity (Wildman–Crippen MR) is 138 cm³/mol. The number of aryl methyl sites for hydroxylation is 1. The SMILES string of the molecule is COC1CN(CCOc2cc3nccc(Oc4ccc5[nH]c(C)cc5c4F)c3c3c2OCC3)CC1OC. The number of aromatic amines is 1. The summed E-state index contributed by atoms with van der Waals surface area (Å²) in [4.78, 5) is 9.99. The number of hydrogen-bond acceptors (Lipinski definition) is 7. The van der Waals surface area contributed by atoms with E-state index in [1.807, 2.05) is 19.1 Å². The topological polar surface area (TPSA) is 78.1 Å². The van der Waals surface area contributed by atoms with E-state index in [-0.39, 0.29) is 18.0 Å². The molecule has 0 aliphatic carbocycles. The van der Waals surface area contributed by atoms with Gasteiger partial charge in [0.05, 0.1) is 29.7 Å². The lowest BCUT2D eigenvalue weighted by atomic mass is 10.0. The van der Waals surface area contributed by atoms with Crippen LogP contribution in [-0.4, -0.2) is 74.1 Å². The lowest BCUT2D eigenvalue weighted by Gasteiger charge is -2.18. The Morgan fingerprint density at radius 3 is 2.68 bits per heavy atom. The number of benzene rings is 2. The van der Waals surface area contributed by atoms with E-state index < -0.39 is 5.82 Å². The third-order valence-corrected chi connectivity index (χ3v) is 7.23. The number of fused-ring (bicyclic) bond motifs is 4. The zero-order valence-electron chi connectivity index (χ0n) is 21.2. The van der Waals surface area contributed by atoms with Crippen LogP contribution in [0, 0.1) is 12.7 Å². The van der Waals surface area contributed by atoms with E-state index in [1.165, 1.54) is 0 Å². The first-order valence-electron chi connectivity index (χ1n) is 12.5. The molecular formula is C28H30FN3O5. The molecule has 0 saturated carbocycles. The van der Waals surface area contributed by atoms with Crippen LogP contribution in [-0.2, 0) is 15.9 Å². The minimum Gasteiger partial charge on any atom is -0.489 e. The largest absolute Gasteiger partial charge is 0.489 e. The molecule has 2 aliphatic rings. The van der Waals surface area contributed by atoms with E-state index in [4.69, 9.17) is 23.7 Å². The van der Waals surface area contributed by atoms with Crippen LogP contribution in [0.25, 0.3) is 21.8 Å². The Morgan fingerprint density at radius 2 is 1.89 bits per heavy atom. The molecule has 2 aliphatic heterocycles. The maximum absolute atomic E-state index is 15.2. The lowest BCUT2D eigenvalue weighted by molar-refractivity contribution is -0.00461. The molecule has 0 spiro atoms. The van der Waals surface area contributed by atoms with Crippen molar-refractivity contribution < 1.29 is 28.1 Å². The van der Waals surface area contributed by atoms with Crippen molar-refractivity contribution in [2.75, 3.05) is 47.1 Å². The number of H-pyrrole nitrogens is 1. The molecule has 194 valence electrons. The number of nitrogens with one attached hydrogen (secondary N) is 1. The molecule has 2 aromatic heterocycles. The minimum absolute atomic E-state index is 0.0627. The Balaban J connectivity index is 1.26. The summed E-state index contributed by atoms with van der Waals surface area (Å²) in [6, 6.07) is 8.90. The first-order valence-corrected chi connectivity index (χ1v) is 12.5. The van der Waals surface area contributed by atoms with Crippen LogP contribution in [0.1, 0.15) is 11.3 Å². The predicted octanol–water partition coefficient (Wildman–Crippen LogP) is 4.62. The lowest BCUT2D eigenvalue weighted by Crippen LogP contribution is -2.27. The van der Waals surface area contributed by atoms with Crippen molar-refractivity contribution in [2.24, 2.45) is 0 Å². The highest BCUT2D eigenvalue weighted by molar-refractivity contribution is 5.93. The van der Waals surface area contributed by atoms with Crippen LogP contribution in [0.3, 0.4) is 0 Å². The van der Waals surface area contributed by atoms with Crippen LogP contribution in [0.4, 0.5) is 4.39 Å². The smallest absolute Gasteiger partial charge is 0.175 e. The molecule has 37 heavy (non-hydrogen) atoms.